The Morgan fingerprint density at radius 2 is 1.96 bits per heavy atom. The van der Waals surface area contributed by atoms with E-state index in [0.717, 1.165) is 24.1 Å². The zero-order valence-corrected chi connectivity index (χ0v) is 13.8. The molecule has 0 unspecified atom stereocenters. The van der Waals surface area contributed by atoms with Crippen molar-refractivity contribution in [3.05, 3.63) is 75.8 Å². The van der Waals surface area contributed by atoms with Gasteiger partial charge in [-0.15, -0.1) is 0 Å². The van der Waals surface area contributed by atoms with E-state index in [9.17, 15) is 14.0 Å². The maximum absolute atomic E-state index is 13.6. The highest BCUT2D eigenvalue weighted by atomic mass is 19.1. The maximum atomic E-state index is 13.6. The quantitative estimate of drug-likeness (QED) is 0.684. The van der Waals surface area contributed by atoms with Gasteiger partial charge in [0.1, 0.15) is 11.4 Å². The number of pyridine rings is 1. The van der Waals surface area contributed by atoms with Crippen molar-refractivity contribution >= 4 is 22.5 Å². The Bertz CT molecular complexity index is 1060. The van der Waals surface area contributed by atoms with Crippen molar-refractivity contribution in [3.63, 3.8) is 0 Å². The Balaban J connectivity index is 1.87. The van der Waals surface area contributed by atoms with Gasteiger partial charge in [-0.05, 0) is 42.7 Å². The number of aryl methyl sites for hydroxylation is 2. The fraction of sp³-hybridized carbons (Fsp3) is 0.200. The highest BCUT2D eigenvalue weighted by Crippen LogP contribution is 2.28. The minimum Gasteiger partial charge on any atom is -0.350 e. The largest absolute Gasteiger partial charge is 0.350 e. The number of amides is 1. The molecular weight excluding hydrogens is 319 g/mol. The van der Waals surface area contributed by atoms with Crippen LogP contribution in [0.2, 0.25) is 0 Å². The van der Waals surface area contributed by atoms with E-state index < -0.39 is 11.2 Å². The standard InChI is InChI=1S/C20H17FN2O2/c1-22-12-16(19(24)15-11-14(21)8-9-18(15)22)20(25)23-10-4-6-13-5-2-3-7-17(13)23/h2-3,5,7-9,11-12H,4,6,10H2,1H3. The molecule has 1 aromatic heterocycles. The number of fused-ring (bicyclic) bond motifs is 2. The molecule has 5 heteroatoms. The van der Waals surface area contributed by atoms with Crippen molar-refractivity contribution in [1.29, 1.82) is 0 Å². The van der Waals surface area contributed by atoms with Crippen LogP contribution in [0.1, 0.15) is 22.3 Å². The number of halogens is 1. The third kappa shape index (κ3) is 2.52. The van der Waals surface area contributed by atoms with Gasteiger partial charge in [0, 0.05) is 30.9 Å². The minimum atomic E-state index is -0.488. The highest BCUT2D eigenvalue weighted by molar-refractivity contribution is 6.08. The number of anilines is 1. The summed E-state index contributed by atoms with van der Waals surface area (Å²) in [6.07, 6.45) is 3.31. The molecule has 3 aromatic rings. The third-order valence-electron chi connectivity index (χ3n) is 4.74. The number of carbonyl (C=O) groups is 1. The number of nitrogens with zero attached hydrogens (tertiary/aromatic N) is 2. The fourth-order valence-electron chi connectivity index (χ4n) is 3.51. The van der Waals surface area contributed by atoms with Gasteiger partial charge in [0.25, 0.3) is 5.91 Å². The predicted molar refractivity (Wildman–Crippen MR) is 95.6 cm³/mol. The van der Waals surface area contributed by atoms with Gasteiger partial charge < -0.3 is 9.47 Å². The first-order valence-electron chi connectivity index (χ1n) is 8.25. The molecule has 0 radical (unpaired) electrons. The second-order valence-electron chi connectivity index (χ2n) is 6.33. The zero-order valence-electron chi connectivity index (χ0n) is 13.8. The molecule has 126 valence electrons. The SMILES string of the molecule is Cn1cc(C(=O)N2CCCc3ccccc32)c(=O)c2cc(F)ccc21. The Labute approximate surface area is 144 Å². The maximum Gasteiger partial charge on any atom is 0.263 e. The summed E-state index contributed by atoms with van der Waals surface area (Å²) < 4.78 is 15.3. The first-order chi connectivity index (χ1) is 12.1. The van der Waals surface area contributed by atoms with Gasteiger partial charge in [0.05, 0.1) is 5.52 Å². The molecule has 0 saturated carbocycles. The second-order valence-corrected chi connectivity index (χ2v) is 6.33. The summed E-state index contributed by atoms with van der Waals surface area (Å²) in [5.41, 5.74) is 2.19. The Kier molecular flexibility index (Phi) is 3.64. The summed E-state index contributed by atoms with van der Waals surface area (Å²) in [6.45, 7) is 0.570. The number of hydrogen-bond donors (Lipinski definition) is 0. The molecule has 0 atom stereocenters. The predicted octanol–water partition coefficient (Wildman–Crippen LogP) is 3.27. The number of hydrogen-bond acceptors (Lipinski definition) is 2. The Morgan fingerprint density at radius 3 is 2.80 bits per heavy atom. The Morgan fingerprint density at radius 1 is 1.16 bits per heavy atom. The molecule has 25 heavy (non-hydrogen) atoms. The van der Waals surface area contributed by atoms with Crippen LogP contribution in [0, 0.1) is 5.82 Å². The molecule has 1 aliphatic rings. The molecule has 2 heterocycles. The molecule has 1 aliphatic heterocycles. The van der Waals surface area contributed by atoms with E-state index in [1.807, 2.05) is 24.3 Å². The molecule has 0 bridgehead atoms. The van der Waals surface area contributed by atoms with Crippen LogP contribution >= 0.6 is 0 Å². The van der Waals surface area contributed by atoms with Gasteiger partial charge in [0.2, 0.25) is 5.43 Å². The van der Waals surface area contributed by atoms with Gasteiger partial charge >= 0.3 is 0 Å². The summed E-state index contributed by atoms with van der Waals surface area (Å²) in [4.78, 5) is 27.5. The van der Waals surface area contributed by atoms with Gasteiger partial charge in [-0.3, -0.25) is 9.59 Å². The van der Waals surface area contributed by atoms with Gasteiger partial charge in [-0.2, -0.15) is 0 Å². The zero-order chi connectivity index (χ0) is 17.6. The lowest BCUT2D eigenvalue weighted by atomic mass is 10.0. The van der Waals surface area contributed by atoms with Gasteiger partial charge in [-0.1, -0.05) is 18.2 Å². The van der Waals surface area contributed by atoms with Crippen molar-refractivity contribution in [1.82, 2.24) is 4.57 Å². The van der Waals surface area contributed by atoms with Crippen molar-refractivity contribution in [2.45, 2.75) is 12.8 Å². The number of aromatic nitrogens is 1. The van der Waals surface area contributed by atoms with Crippen LogP contribution < -0.4 is 10.3 Å². The van der Waals surface area contributed by atoms with E-state index in [4.69, 9.17) is 0 Å². The monoisotopic (exact) mass is 336 g/mol. The smallest absolute Gasteiger partial charge is 0.263 e. The van der Waals surface area contributed by atoms with Crippen molar-refractivity contribution in [2.75, 3.05) is 11.4 Å². The van der Waals surface area contributed by atoms with Crippen LogP contribution in [0.5, 0.6) is 0 Å². The van der Waals surface area contributed by atoms with Crippen LogP contribution in [0.15, 0.2) is 53.5 Å². The number of rotatable bonds is 1. The average Bonchev–Trinajstić information content (AvgIpc) is 2.63. The lowest BCUT2D eigenvalue weighted by molar-refractivity contribution is 0.0983. The lowest BCUT2D eigenvalue weighted by Crippen LogP contribution is -2.38. The highest BCUT2D eigenvalue weighted by Gasteiger charge is 2.26. The molecule has 0 fully saturated rings. The summed E-state index contributed by atoms with van der Waals surface area (Å²) in [6, 6.07) is 11.8. The first-order valence-corrected chi connectivity index (χ1v) is 8.25. The number of benzene rings is 2. The summed E-state index contributed by atoms with van der Waals surface area (Å²) >= 11 is 0. The van der Waals surface area contributed by atoms with E-state index in [-0.39, 0.29) is 16.9 Å². The third-order valence-corrected chi connectivity index (χ3v) is 4.74. The lowest BCUT2D eigenvalue weighted by Gasteiger charge is -2.29. The van der Waals surface area contributed by atoms with Crippen LogP contribution in [-0.2, 0) is 13.5 Å². The molecule has 0 N–H and O–H groups in total. The molecule has 0 spiro atoms. The number of carbonyl (C=O) groups excluding carboxylic acids is 1. The molecular formula is C20H17FN2O2. The van der Waals surface area contributed by atoms with Crippen molar-refractivity contribution in [2.24, 2.45) is 7.05 Å². The van der Waals surface area contributed by atoms with Crippen LogP contribution in [0.25, 0.3) is 10.9 Å². The minimum absolute atomic E-state index is 0.0669. The van der Waals surface area contributed by atoms with Crippen molar-refractivity contribution in [3.8, 4) is 0 Å². The van der Waals surface area contributed by atoms with Crippen LogP contribution in [0.4, 0.5) is 10.1 Å². The van der Waals surface area contributed by atoms with Gasteiger partial charge in [-0.25, -0.2) is 4.39 Å². The van der Waals surface area contributed by atoms with Gasteiger partial charge in [0.15, 0.2) is 0 Å². The first kappa shape index (κ1) is 15.6. The van der Waals surface area contributed by atoms with E-state index in [2.05, 4.69) is 0 Å². The number of para-hydroxylation sites is 1. The molecule has 4 nitrogen and oxygen atoms in total. The summed E-state index contributed by atoms with van der Waals surface area (Å²) in [7, 11) is 1.75. The van der Waals surface area contributed by atoms with E-state index in [0.29, 0.717) is 12.1 Å². The topological polar surface area (TPSA) is 42.3 Å². The van der Waals surface area contributed by atoms with E-state index in [1.165, 1.54) is 12.1 Å². The van der Waals surface area contributed by atoms with Crippen molar-refractivity contribution < 1.29 is 9.18 Å². The van der Waals surface area contributed by atoms with E-state index in [1.54, 1.807) is 28.8 Å². The molecule has 2 aromatic carbocycles. The molecule has 4 rings (SSSR count). The second kappa shape index (κ2) is 5.84. The fourth-order valence-corrected chi connectivity index (χ4v) is 3.51. The summed E-state index contributed by atoms with van der Waals surface area (Å²) in [5, 5.41) is 0.221. The molecule has 0 aliphatic carbocycles. The normalized spacial score (nSPS) is 13.8. The van der Waals surface area contributed by atoms with E-state index >= 15 is 0 Å². The molecule has 1 amide bonds. The Hall–Kier alpha value is -2.95. The average molecular weight is 336 g/mol. The summed E-state index contributed by atoms with van der Waals surface area (Å²) in [5.74, 6) is -0.823. The van der Waals surface area contributed by atoms with Crippen LogP contribution in [-0.4, -0.2) is 17.0 Å². The molecule has 0 saturated heterocycles. The van der Waals surface area contributed by atoms with Crippen LogP contribution in [0.3, 0.4) is 0 Å².